The van der Waals surface area contributed by atoms with Crippen molar-refractivity contribution in [2.45, 2.75) is 12.8 Å². The van der Waals surface area contributed by atoms with Crippen LogP contribution >= 0.6 is 0 Å². The molecule has 1 aliphatic rings. The second-order valence-corrected chi connectivity index (χ2v) is 5.28. The summed E-state index contributed by atoms with van der Waals surface area (Å²) in [5, 5.41) is 0. The van der Waals surface area contributed by atoms with Crippen LogP contribution in [0.2, 0.25) is 0 Å². The molecule has 1 saturated heterocycles. The quantitative estimate of drug-likeness (QED) is 0.860. The third kappa shape index (κ3) is 2.77. The number of hydrogen-bond acceptors (Lipinski definition) is 2. The first kappa shape index (κ1) is 13.7. The minimum absolute atomic E-state index is 0.118. The third-order valence-electron chi connectivity index (χ3n) is 3.92. The number of likely N-dealkylation sites (tertiary alicyclic amines) is 1. The molecular formula is C18H19NO2. The highest BCUT2D eigenvalue weighted by atomic mass is 16.5. The molecule has 3 rings (SSSR count). The Labute approximate surface area is 125 Å². The van der Waals surface area contributed by atoms with E-state index in [1.807, 2.05) is 53.4 Å². The fourth-order valence-corrected chi connectivity index (χ4v) is 2.79. The van der Waals surface area contributed by atoms with Gasteiger partial charge >= 0.3 is 0 Å². The Bertz CT molecular complexity index is 631. The summed E-state index contributed by atoms with van der Waals surface area (Å²) in [6, 6.07) is 15.7. The second kappa shape index (κ2) is 6.00. The first-order valence-corrected chi connectivity index (χ1v) is 7.32. The van der Waals surface area contributed by atoms with E-state index >= 15 is 0 Å². The van der Waals surface area contributed by atoms with Gasteiger partial charge in [-0.1, -0.05) is 30.3 Å². The fourth-order valence-electron chi connectivity index (χ4n) is 2.79. The Kier molecular flexibility index (Phi) is 3.91. The number of carbonyl (C=O) groups excluding carboxylic acids is 1. The average Bonchev–Trinajstić information content (AvgIpc) is 3.09. The van der Waals surface area contributed by atoms with Gasteiger partial charge in [0.25, 0.3) is 5.91 Å². The molecule has 0 aromatic heterocycles. The number of methoxy groups -OCH3 is 1. The summed E-state index contributed by atoms with van der Waals surface area (Å²) in [6.07, 6.45) is 2.21. The Morgan fingerprint density at radius 3 is 2.43 bits per heavy atom. The van der Waals surface area contributed by atoms with E-state index in [-0.39, 0.29) is 5.91 Å². The summed E-state index contributed by atoms with van der Waals surface area (Å²) in [6.45, 7) is 1.73. The molecule has 0 aliphatic carbocycles. The van der Waals surface area contributed by atoms with Crippen LogP contribution in [0, 0.1) is 0 Å². The van der Waals surface area contributed by atoms with Crippen LogP contribution < -0.4 is 4.74 Å². The highest BCUT2D eigenvalue weighted by Crippen LogP contribution is 2.31. The lowest BCUT2D eigenvalue weighted by atomic mass is 10.0. The van der Waals surface area contributed by atoms with Gasteiger partial charge in [-0.25, -0.2) is 0 Å². The molecule has 21 heavy (non-hydrogen) atoms. The van der Waals surface area contributed by atoms with E-state index in [0.29, 0.717) is 0 Å². The Balaban J connectivity index is 1.99. The molecule has 0 radical (unpaired) electrons. The first-order valence-electron chi connectivity index (χ1n) is 7.32. The highest BCUT2D eigenvalue weighted by molar-refractivity contribution is 5.96. The van der Waals surface area contributed by atoms with Crippen molar-refractivity contribution in [1.29, 1.82) is 0 Å². The van der Waals surface area contributed by atoms with Gasteiger partial charge in [-0.05, 0) is 36.6 Å². The van der Waals surface area contributed by atoms with Crippen LogP contribution in [-0.4, -0.2) is 31.0 Å². The van der Waals surface area contributed by atoms with E-state index in [4.69, 9.17) is 4.74 Å². The minimum atomic E-state index is 0.118. The van der Waals surface area contributed by atoms with Crippen molar-refractivity contribution in [2.75, 3.05) is 20.2 Å². The van der Waals surface area contributed by atoms with Gasteiger partial charge in [0.1, 0.15) is 5.75 Å². The van der Waals surface area contributed by atoms with Crippen molar-refractivity contribution in [1.82, 2.24) is 4.90 Å². The van der Waals surface area contributed by atoms with Crippen LogP contribution in [0.25, 0.3) is 11.1 Å². The second-order valence-electron chi connectivity index (χ2n) is 5.28. The summed E-state index contributed by atoms with van der Waals surface area (Å²) in [4.78, 5) is 14.4. The molecule has 3 nitrogen and oxygen atoms in total. The predicted molar refractivity (Wildman–Crippen MR) is 83.6 cm³/mol. The van der Waals surface area contributed by atoms with Crippen molar-refractivity contribution in [3.05, 3.63) is 54.1 Å². The van der Waals surface area contributed by atoms with Gasteiger partial charge in [0.15, 0.2) is 0 Å². The van der Waals surface area contributed by atoms with Crippen LogP contribution in [0.4, 0.5) is 0 Å². The minimum Gasteiger partial charge on any atom is -0.496 e. The third-order valence-corrected chi connectivity index (χ3v) is 3.92. The summed E-state index contributed by atoms with van der Waals surface area (Å²) in [5.41, 5.74) is 2.75. The molecule has 0 bridgehead atoms. The number of ether oxygens (including phenoxy) is 1. The topological polar surface area (TPSA) is 29.5 Å². The first-order chi connectivity index (χ1) is 10.3. The fraction of sp³-hybridized carbons (Fsp3) is 0.278. The molecule has 0 atom stereocenters. The standard InChI is InChI=1S/C18H19NO2/c1-21-17-10-9-15(18(20)19-11-5-6-12-19)13-16(17)14-7-3-2-4-8-14/h2-4,7-10,13H,5-6,11-12H2,1H3. The number of benzene rings is 2. The van der Waals surface area contributed by atoms with E-state index in [1.54, 1.807) is 7.11 Å². The van der Waals surface area contributed by atoms with Crippen LogP contribution in [0.5, 0.6) is 5.75 Å². The average molecular weight is 281 g/mol. The maximum absolute atomic E-state index is 12.5. The molecule has 0 saturated carbocycles. The van der Waals surface area contributed by atoms with Crippen molar-refractivity contribution in [3.8, 4) is 16.9 Å². The maximum atomic E-state index is 12.5. The van der Waals surface area contributed by atoms with Gasteiger partial charge in [-0.2, -0.15) is 0 Å². The SMILES string of the molecule is COc1ccc(C(=O)N2CCCC2)cc1-c1ccccc1. The zero-order valence-electron chi connectivity index (χ0n) is 12.2. The summed E-state index contributed by atoms with van der Waals surface area (Å²) in [5.74, 6) is 0.909. The number of rotatable bonds is 3. The summed E-state index contributed by atoms with van der Waals surface area (Å²) < 4.78 is 5.44. The molecule has 3 heteroatoms. The van der Waals surface area contributed by atoms with Crippen molar-refractivity contribution < 1.29 is 9.53 Å². The van der Waals surface area contributed by atoms with E-state index in [1.165, 1.54) is 0 Å². The number of nitrogens with zero attached hydrogens (tertiary/aromatic N) is 1. The lowest BCUT2D eigenvalue weighted by Crippen LogP contribution is -2.27. The molecule has 1 amide bonds. The number of amides is 1. The monoisotopic (exact) mass is 281 g/mol. The van der Waals surface area contributed by atoms with E-state index < -0.39 is 0 Å². The summed E-state index contributed by atoms with van der Waals surface area (Å²) in [7, 11) is 1.66. The largest absolute Gasteiger partial charge is 0.496 e. The molecule has 0 unspecified atom stereocenters. The predicted octanol–water partition coefficient (Wildman–Crippen LogP) is 3.60. The summed E-state index contributed by atoms with van der Waals surface area (Å²) >= 11 is 0. The smallest absolute Gasteiger partial charge is 0.253 e. The molecule has 2 aromatic rings. The van der Waals surface area contributed by atoms with Gasteiger partial charge < -0.3 is 9.64 Å². The van der Waals surface area contributed by atoms with E-state index in [0.717, 1.165) is 48.4 Å². The van der Waals surface area contributed by atoms with Crippen molar-refractivity contribution >= 4 is 5.91 Å². The molecule has 1 fully saturated rings. The Hall–Kier alpha value is -2.29. The van der Waals surface area contributed by atoms with Gasteiger partial charge in [0, 0.05) is 24.2 Å². The normalized spacial score (nSPS) is 14.2. The van der Waals surface area contributed by atoms with Gasteiger partial charge in [-0.3, -0.25) is 4.79 Å². The van der Waals surface area contributed by atoms with Gasteiger partial charge in [-0.15, -0.1) is 0 Å². The Morgan fingerprint density at radius 2 is 1.76 bits per heavy atom. The number of carbonyl (C=O) groups is 1. The van der Waals surface area contributed by atoms with Crippen molar-refractivity contribution in [3.63, 3.8) is 0 Å². The van der Waals surface area contributed by atoms with Crippen LogP contribution in [0.15, 0.2) is 48.5 Å². The molecule has 108 valence electrons. The Morgan fingerprint density at radius 1 is 1.05 bits per heavy atom. The molecule has 2 aromatic carbocycles. The van der Waals surface area contributed by atoms with E-state index in [2.05, 4.69) is 0 Å². The lowest BCUT2D eigenvalue weighted by molar-refractivity contribution is 0.0793. The molecular weight excluding hydrogens is 262 g/mol. The lowest BCUT2D eigenvalue weighted by Gasteiger charge is -2.17. The highest BCUT2D eigenvalue weighted by Gasteiger charge is 2.20. The van der Waals surface area contributed by atoms with Gasteiger partial charge in [0.05, 0.1) is 7.11 Å². The van der Waals surface area contributed by atoms with Crippen molar-refractivity contribution in [2.24, 2.45) is 0 Å². The molecule has 1 heterocycles. The van der Waals surface area contributed by atoms with Crippen LogP contribution in [0.3, 0.4) is 0 Å². The number of hydrogen-bond donors (Lipinski definition) is 0. The molecule has 0 spiro atoms. The van der Waals surface area contributed by atoms with Crippen LogP contribution in [-0.2, 0) is 0 Å². The zero-order chi connectivity index (χ0) is 14.7. The van der Waals surface area contributed by atoms with E-state index in [9.17, 15) is 4.79 Å². The molecule has 1 aliphatic heterocycles. The molecule has 0 N–H and O–H groups in total. The van der Waals surface area contributed by atoms with Crippen LogP contribution in [0.1, 0.15) is 23.2 Å². The van der Waals surface area contributed by atoms with Gasteiger partial charge in [0.2, 0.25) is 0 Å². The zero-order valence-corrected chi connectivity index (χ0v) is 12.2. The maximum Gasteiger partial charge on any atom is 0.253 e.